The first-order valence-electron chi connectivity index (χ1n) is 10.4. The summed E-state index contributed by atoms with van der Waals surface area (Å²) in [5, 5.41) is 4.04. The van der Waals surface area contributed by atoms with Crippen LogP contribution in [0.2, 0.25) is 0 Å². The Morgan fingerprint density at radius 3 is 3.07 bits per heavy atom. The lowest BCUT2D eigenvalue weighted by atomic mass is 9.97. The number of ether oxygens (including phenoxy) is 1. The summed E-state index contributed by atoms with van der Waals surface area (Å²) in [5.74, 6) is 0.826. The van der Waals surface area contributed by atoms with Crippen molar-refractivity contribution in [3.05, 3.63) is 30.6 Å². The number of nitrogens with one attached hydrogen (secondary N) is 1. The number of carbonyl (C=O) groups excluding carboxylic acids is 1. The van der Waals surface area contributed by atoms with Crippen LogP contribution in [0.5, 0.6) is 0 Å². The molecule has 29 heavy (non-hydrogen) atoms. The minimum Gasteiger partial charge on any atom is -0.450 e. The molecule has 1 aliphatic rings. The van der Waals surface area contributed by atoms with Crippen molar-refractivity contribution in [2.45, 2.75) is 39.2 Å². The second-order valence-corrected chi connectivity index (χ2v) is 7.82. The number of rotatable bonds is 7. The molecule has 0 bridgehead atoms. The van der Waals surface area contributed by atoms with Gasteiger partial charge < -0.3 is 19.4 Å². The number of aromatic nitrogens is 2. The maximum atomic E-state index is 12.6. The molecule has 0 aliphatic carbocycles. The highest BCUT2D eigenvalue weighted by Crippen LogP contribution is 2.33. The zero-order chi connectivity index (χ0) is 20.2. The number of anilines is 1. The normalized spacial score (nSPS) is 17.3. The van der Waals surface area contributed by atoms with Gasteiger partial charge in [0, 0.05) is 31.6 Å². The first-order chi connectivity index (χ1) is 14.1. The fourth-order valence-electron chi connectivity index (χ4n) is 3.87. The Bertz CT molecular complexity index is 985. The molecule has 1 fully saturated rings. The molecule has 7 nitrogen and oxygen atoms in total. The first-order valence-corrected chi connectivity index (χ1v) is 10.4. The molecule has 1 aliphatic heterocycles. The van der Waals surface area contributed by atoms with Crippen LogP contribution in [0, 0.1) is 5.92 Å². The average Bonchev–Trinajstić information content (AvgIpc) is 3.12. The van der Waals surface area contributed by atoms with Crippen molar-refractivity contribution in [3.8, 4) is 0 Å². The Morgan fingerprint density at radius 1 is 1.34 bits per heavy atom. The van der Waals surface area contributed by atoms with E-state index in [1.165, 1.54) is 0 Å². The lowest BCUT2D eigenvalue weighted by Gasteiger charge is -2.32. The van der Waals surface area contributed by atoms with Crippen LogP contribution in [-0.4, -0.2) is 48.2 Å². The van der Waals surface area contributed by atoms with Crippen molar-refractivity contribution >= 4 is 33.8 Å². The van der Waals surface area contributed by atoms with Crippen molar-refractivity contribution in [2.24, 2.45) is 5.92 Å². The Kier molecular flexibility index (Phi) is 5.94. The Hall–Kier alpha value is -2.67. The molecular formula is C22H28N4O3. The number of benzene rings is 1. The SMILES string of the molecule is CC(C)OCCCNC(=O)[C@H]1CCCN(c2ncnc3c2oc2ccccc23)C1. The van der Waals surface area contributed by atoms with E-state index in [0.717, 1.165) is 48.1 Å². The summed E-state index contributed by atoms with van der Waals surface area (Å²) in [6.07, 6.45) is 4.46. The number of nitrogens with zero attached hydrogens (tertiary/aromatic N) is 3. The molecule has 0 spiro atoms. The highest BCUT2D eigenvalue weighted by atomic mass is 16.5. The van der Waals surface area contributed by atoms with Crippen LogP contribution >= 0.6 is 0 Å². The molecule has 1 saturated heterocycles. The molecule has 0 unspecified atom stereocenters. The number of amides is 1. The van der Waals surface area contributed by atoms with Crippen LogP contribution in [0.15, 0.2) is 35.0 Å². The van der Waals surface area contributed by atoms with Gasteiger partial charge >= 0.3 is 0 Å². The zero-order valence-corrected chi connectivity index (χ0v) is 17.1. The van der Waals surface area contributed by atoms with Gasteiger partial charge in [0.2, 0.25) is 5.91 Å². The summed E-state index contributed by atoms with van der Waals surface area (Å²) in [6, 6.07) is 7.88. The lowest BCUT2D eigenvalue weighted by Crippen LogP contribution is -2.43. The summed E-state index contributed by atoms with van der Waals surface area (Å²) in [7, 11) is 0. The first kappa shape index (κ1) is 19.6. The van der Waals surface area contributed by atoms with Crippen LogP contribution < -0.4 is 10.2 Å². The Balaban J connectivity index is 1.44. The molecule has 154 valence electrons. The number of carbonyl (C=O) groups is 1. The van der Waals surface area contributed by atoms with Crippen LogP contribution in [-0.2, 0) is 9.53 Å². The molecule has 1 aromatic carbocycles. The number of hydrogen-bond acceptors (Lipinski definition) is 6. The van der Waals surface area contributed by atoms with Crippen molar-refractivity contribution in [1.29, 1.82) is 0 Å². The van der Waals surface area contributed by atoms with Gasteiger partial charge in [-0.3, -0.25) is 4.79 Å². The molecule has 1 atom stereocenters. The number of piperidine rings is 1. The van der Waals surface area contributed by atoms with E-state index in [1.807, 2.05) is 38.1 Å². The fourth-order valence-corrected chi connectivity index (χ4v) is 3.87. The second kappa shape index (κ2) is 8.78. The second-order valence-electron chi connectivity index (χ2n) is 7.82. The largest absolute Gasteiger partial charge is 0.450 e. The number of furan rings is 1. The Morgan fingerprint density at radius 2 is 2.21 bits per heavy atom. The quantitative estimate of drug-likeness (QED) is 0.616. The van der Waals surface area contributed by atoms with E-state index in [1.54, 1.807) is 6.33 Å². The molecule has 2 aromatic heterocycles. The fraction of sp³-hybridized carbons (Fsp3) is 0.500. The van der Waals surface area contributed by atoms with Crippen LogP contribution in [0.25, 0.3) is 22.1 Å². The van der Waals surface area contributed by atoms with E-state index >= 15 is 0 Å². The topological polar surface area (TPSA) is 80.5 Å². The summed E-state index contributed by atoms with van der Waals surface area (Å²) in [5.41, 5.74) is 2.32. The van der Waals surface area contributed by atoms with Gasteiger partial charge in [0.05, 0.1) is 12.0 Å². The average molecular weight is 396 g/mol. The maximum absolute atomic E-state index is 12.6. The number of para-hydroxylation sites is 1. The van der Waals surface area contributed by atoms with E-state index in [4.69, 9.17) is 9.15 Å². The molecule has 7 heteroatoms. The van der Waals surface area contributed by atoms with Crippen LogP contribution in [0.3, 0.4) is 0 Å². The predicted molar refractivity (Wildman–Crippen MR) is 113 cm³/mol. The van der Waals surface area contributed by atoms with Gasteiger partial charge in [0.1, 0.15) is 17.4 Å². The smallest absolute Gasteiger partial charge is 0.224 e. The van der Waals surface area contributed by atoms with Gasteiger partial charge in [-0.05, 0) is 45.2 Å². The van der Waals surface area contributed by atoms with E-state index in [-0.39, 0.29) is 17.9 Å². The van der Waals surface area contributed by atoms with E-state index in [0.29, 0.717) is 25.3 Å². The minimum atomic E-state index is -0.0517. The molecule has 3 heterocycles. The summed E-state index contributed by atoms with van der Waals surface area (Å²) >= 11 is 0. The van der Waals surface area contributed by atoms with Gasteiger partial charge in [-0.25, -0.2) is 9.97 Å². The monoisotopic (exact) mass is 396 g/mol. The lowest BCUT2D eigenvalue weighted by molar-refractivity contribution is -0.125. The molecule has 1 N–H and O–H groups in total. The highest BCUT2D eigenvalue weighted by molar-refractivity contribution is 6.05. The van der Waals surface area contributed by atoms with Crippen molar-refractivity contribution < 1.29 is 13.9 Å². The van der Waals surface area contributed by atoms with E-state index < -0.39 is 0 Å². The minimum absolute atomic E-state index is 0.0517. The van der Waals surface area contributed by atoms with Gasteiger partial charge in [-0.2, -0.15) is 0 Å². The van der Waals surface area contributed by atoms with Gasteiger partial charge in [0.15, 0.2) is 11.4 Å². The van der Waals surface area contributed by atoms with Gasteiger partial charge in [-0.1, -0.05) is 12.1 Å². The summed E-state index contributed by atoms with van der Waals surface area (Å²) in [4.78, 5) is 23.7. The molecule has 0 radical (unpaired) electrons. The number of hydrogen-bond donors (Lipinski definition) is 1. The third kappa shape index (κ3) is 4.34. The highest BCUT2D eigenvalue weighted by Gasteiger charge is 2.28. The third-order valence-corrected chi connectivity index (χ3v) is 5.30. The summed E-state index contributed by atoms with van der Waals surface area (Å²) < 4.78 is 11.6. The Labute approximate surface area is 170 Å². The molecule has 1 amide bonds. The van der Waals surface area contributed by atoms with Crippen molar-refractivity contribution in [2.75, 3.05) is 31.1 Å². The van der Waals surface area contributed by atoms with E-state index in [2.05, 4.69) is 20.2 Å². The predicted octanol–water partition coefficient (Wildman–Crippen LogP) is 3.52. The standard InChI is InChI=1S/C22H28N4O3/c1-15(2)28-12-6-10-23-22(27)16-7-5-11-26(13-16)21-20-19(24-14-25-21)17-8-3-4-9-18(17)29-20/h3-4,8-9,14-16H,5-7,10-13H2,1-2H3,(H,23,27)/t16-/m0/s1. The summed E-state index contributed by atoms with van der Waals surface area (Å²) in [6.45, 7) is 6.83. The van der Waals surface area contributed by atoms with E-state index in [9.17, 15) is 4.79 Å². The zero-order valence-electron chi connectivity index (χ0n) is 17.1. The molecule has 4 rings (SSSR count). The van der Waals surface area contributed by atoms with Crippen LogP contribution in [0.1, 0.15) is 33.1 Å². The maximum Gasteiger partial charge on any atom is 0.224 e. The van der Waals surface area contributed by atoms with Crippen molar-refractivity contribution in [3.63, 3.8) is 0 Å². The van der Waals surface area contributed by atoms with Crippen molar-refractivity contribution in [1.82, 2.24) is 15.3 Å². The number of fused-ring (bicyclic) bond motifs is 3. The molecule has 3 aromatic rings. The third-order valence-electron chi connectivity index (χ3n) is 5.30. The van der Waals surface area contributed by atoms with Gasteiger partial charge in [0.25, 0.3) is 0 Å². The molecular weight excluding hydrogens is 368 g/mol. The molecule has 0 saturated carbocycles. The van der Waals surface area contributed by atoms with Crippen LogP contribution in [0.4, 0.5) is 5.82 Å². The van der Waals surface area contributed by atoms with Gasteiger partial charge in [-0.15, -0.1) is 0 Å².